The topological polar surface area (TPSA) is 14.1 Å². The van der Waals surface area contributed by atoms with Crippen LogP contribution < -0.4 is 4.67 Å². The second kappa shape index (κ2) is 7.99. The first-order valence-electron chi connectivity index (χ1n) is 6.75. The Kier molecular flexibility index (Phi) is 7.49. The summed E-state index contributed by atoms with van der Waals surface area (Å²) in [6.45, 7) is 4.17. The average molecular weight is 557 g/mol. The molecule has 0 spiro atoms. The number of rotatable bonds is 2. The van der Waals surface area contributed by atoms with Gasteiger partial charge in [0.2, 0.25) is 0 Å². The molecule has 0 fully saturated rings. The van der Waals surface area contributed by atoms with Crippen molar-refractivity contribution >= 4 is 74.5 Å². The molecule has 0 amide bonds. The van der Waals surface area contributed by atoms with Crippen LogP contribution in [0.15, 0.2) is 48.5 Å². The summed E-state index contributed by atoms with van der Waals surface area (Å²) in [7, 11) is 25.0. The fraction of sp³-hybridized carbons (Fsp3) is 0.125. The molecule has 2 rings (SSSR count). The molecule has 0 atom stereocenters. The monoisotopic (exact) mass is 553 g/mol. The summed E-state index contributed by atoms with van der Waals surface area (Å²) < 4.78 is 4.32. The maximum absolute atomic E-state index is 5.42. The Bertz CT molecular complexity index is 679. The Hall–Kier alpha value is 0.448. The SMILES string of the molecule is Cc1ccc(C=[N+]=Cc2ccc(C)cc2)cc1.[Cl][Sb-]([Cl])([Cl])([Cl])([Cl])[Cl]. The fourth-order valence-electron chi connectivity index (χ4n) is 1.51. The van der Waals surface area contributed by atoms with Gasteiger partial charge >= 0.3 is 62.1 Å². The molecule has 0 aliphatic heterocycles. The fourth-order valence-corrected chi connectivity index (χ4v) is 1.51. The zero-order chi connectivity index (χ0) is 18.5. The van der Waals surface area contributed by atoms with Crippen LogP contribution in [0.4, 0.5) is 0 Å². The molecule has 0 saturated heterocycles. The van der Waals surface area contributed by atoms with Crippen molar-refractivity contribution in [1.82, 2.24) is 4.67 Å². The summed E-state index contributed by atoms with van der Waals surface area (Å²) >= 11 is 0. The molecule has 1 nitrogen and oxygen atoms in total. The van der Waals surface area contributed by atoms with Crippen LogP contribution in [0.1, 0.15) is 22.3 Å². The van der Waals surface area contributed by atoms with E-state index in [-0.39, 0.29) is 0 Å². The van der Waals surface area contributed by atoms with Gasteiger partial charge in [0, 0.05) is 0 Å². The van der Waals surface area contributed by atoms with Gasteiger partial charge < -0.3 is 0 Å². The number of hydrogen-bond acceptors (Lipinski definition) is 0. The molecule has 0 N–H and O–H groups in total. The summed E-state index contributed by atoms with van der Waals surface area (Å²) in [4.78, 5) is 0. The molecule has 0 radical (unpaired) electrons. The molecule has 0 aliphatic rings. The van der Waals surface area contributed by atoms with Gasteiger partial charge in [-0.3, -0.25) is 0 Å². The molecule has 0 saturated carbocycles. The Morgan fingerprint density at radius 1 is 0.625 bits per heavy atom. The Morgan fingerprint density at radius 2 is 0.875 bits per heavy atom. The van der Waals surface area contributed by atoms with E-state index in [0.29, 0.717) is 0 Å². The van der Waals surface area contributed by atoms with Crippen LogP contribution in [0.3, 0.4) is 0 Å². The standard InChI is InChI=1S/C16H16N.6ClH.Sb/c1-13-3-7-15(8-4-13)11-17-12-16-9-5-14(2)6-10-16;;;;;;;/h3-12H,1-2H3;6*1H;/q+1;;;;;;;+5/p-6. The number of halogens is 6. The van der Waals surface area contributed by atoms with Crippen LogP contribution in [0.25, 0.3) is 0 Å². The summed E-state index contributed by atoms with van der Waals surface area (Å²) in [5, 5.41) is 0. The van der Waals surface area contributed by atoms with E-state index in [4.69, 9.17) is 53.0 Å². The molecular formula is C16H16Cl6NSb. The Balaban J connectivity index is 0.000000351. The molecule has 0 unspecified atom stereocenters. The van der Waals surface area contributed by atoms with Crippen molar-refractivity contribution in [3.05, 3.63) is 70.8 Å². The molecule has 0 heterocycles. The predicted molar refractivity (Wildman–Crippen MR) is 116 cm³/mol. The zero-order valence-electron chi connectivity index (χ0n) is 12.9. The van der Waals surface area contributed by atoms with Crippen molar-refractivity contribution in [2.45, 2.75) is 13.8 Å². The van der Waals surface area contributed by atoms with Gasteiger partial charge in [-0.2, -0.15) is 0 Å². The number of nitrogens with zero attached hydrogens (tertiary/aromatic N) is 1. The first-order valence-corrected chi connectivity index (χ1v) is 26.1. The van der Waals surface area contributed by atoms with Gasteiger partial charge in [-0.25, -0.2) is 0 Å². The predicted octanol–water partition coefficient (Wildman–Crippen LogP) is 6.66. The van der Waals surface area contributed by atoms with Crippen LogP contribution >= 0.6 is 53.0 Å². The van der Waals surface area contributed by atoms with E-state index in [0.717, 1.165) is 11.1 Å². The number of aryl methyl sites for hydroxylation is 2. The Labute approximate surface area is 162 Å². The van der Waals surface area contributed by atoms with E-state index in [9.17, 15) is 0 Å². The minimum atomic E-state index is -5.42. The summed E-state index contributed by atoms with van der Waals surface area (Å²) in [5.74, 6) is 0. The number of hydrogen-bond donors (Lipinski definition) is 0. The summed E-state index contributed by atoms with van der Waals surface area (Å²) in [6.07, 6.45) is 3.75. The molecule has 0 aliphatic carbocycles. The Morgan fingerprint density at radius 3 is 1.12 bits per heavy atom. The summed E-state index contributed by atoms with van der Waals surface area (Å²) in [5.41, 5.74) is 4.78. The van der Waals surface area contributed by atoms with Gasteiger partial charge in [0.15, 0.2) is 0 Å². The van der Waals surface area contributed by atoms with Crippen molar-refractivity contribution in [2.75, 3.05) is 0 Å². The van der Waals surface area contributed by atoms with E-state index < -0.39 is 9.14 Å². The quantitative estimate of drug-likeness (QED) is 0.223. The van der Waals surface area contributed by atoms with Crippen LogP contribution in [0.5, 0.6) is 0 Å². The molecular weight excluding hydrogens is 541 g/mol. The van der Waals surface area contributed by atoms with Gasteiger partial charge in [0.25, 0.3) is 12.4 Å². The van der Waals surface area contributed by atoms with E-state index >= 15 is 0 Å². The van der Waals surface area contributed by atoms with Gasteiger partial charge in [-0.1, -0.05) is 40.1 Å². The van der Waals surface area contributed by atoms with Crippen LogP contribution in [0.2, 0.25) is 0 Å². The average Bonchev–Trinajstić information content (AvgIpc) is 2.40. The van der Waals surface area contributed by atoms with Crippen molar-refractivity contribution in [3.63, 3.8) is 0 Å². The number of benzene rings is 2. The van der Waals surface area contributed by atoms with Crippen molar-refractivity contribution in [2.24, 2.45) is 0 Å². The maximum atomic E-state index is 5.06. The normalized spacial score (nSPS) is 13.5. The van der Waals surface area contributed by atoms with E-state index in [1.165, 1.54) is 11.1 Å². The first-order chi connectivity index (χ1) is 10.7. The molecule has 2 aromatic rings. The van der Waals surface area contributed by atoms with E-state index in [2.05, 4.69) is 67.0 Å². The van der Waals surface area contributed by atoms with Crippen LogP contribution in [-0.4, -0.2) is 21.6 Å². The van der Waals surface area contributed by atoms with E-state index in [1.807, 2.05) is 12.4 Å². The molecule has 0 bridgehead atoms. The second-order valence-corrected chi connectivity index (χ2v) is 62.1. The van der Waals surface area contributed by atoms with E-state index in [1.54, 1.807) is 0 Å². The van der Waals surface area contributed by atoms with Crippen LogP contribution in [-0.2, 0) is 0 Å². The second-order valence-electron chi connectivity index (χ2n) is 5.19. The van der Waals surface area contributed by atoms with Gasteiger partial charge in [0.05, 0.1) is 11.1 Å². The molecule has 24 heavy (non-hydrogen) atoms. The van der Waals surface area contributed by atoms with Crippen LogP contribution in [0, 0.1) is 13.8 Å². The summed E-state index contributed by atoms with van der Waals surface area (Å²) in [6, 6.07) is 16.6. The van der Waals surface area contributed by atoms with Gasteiger partial charge in [-0.15, -0.1) is 0 Å². The van der Waals surface area contributed by atoms with Crippen molar-refractivity contribution in [1.29, 1.82) is 0 Å². The van der Waals surface area contributed by atoms with Gasteiger partial charge in [0.1, 0.15) is 0 Å². The first kappa shape index (κ1) is 22.5. The molecule has 8 heteroatoms. The zero-order valence-corrected chi connectivity index (χ0v) is 20.0. The third-order valence-electron chi connectivity index (χ3n) is 2.60. The molecule has 0 aromatic heterocycles. The minimum absolute atomic E-state index is 1.12. The third-order valence-corrected chi connectivity index (χ3v) is 2.60. The molecule has 2 aromatic carbocycles. The van der Waals surface area contributed by atoms with Crippen molar-refractivity contribution < 1.29 is 0 Å². The molecule has 132 valence electrons. The third kappa shape index (κ3) is 14.8. The van der Waals surface area contributed by atoms with Gasteiger partial charge in [-0.05, 0) is 38.1 Å². The van der Waals surface area contributed by atoms with Crippen molar-refractivity contribution in [3.8, 4) is 0 Å².